The third-order valence-corrected chi connectivity index (χ3v) is 6.67. The molecule has 0 radical (unpaired) electrons. The van der Waals surface area contributed by atoms with E-state index < -0.39 is 0 Å². The Hall–Kier alpha value is -2.32. The van der Waals surface area contributed by atoms with E-state index in [4.69, 9.17) is 9.47 Å². The predicted octanol–water partition coefficient (Wildman–Crippen LogP) is -0.754. The van der Waals surface area contributed by atoms with Gasteiger partial charge < -0.3 is 24.6 Å². The number of benzene rings is 1. The number of carbonyl (C=O) groups is 2. The van der Waals surface area contributed by atoms with Gasteiger partial charge >= 0.3 is 6.03 Å². The minimum atomic E-state index is -0.342. The molecule has 2 heterocycles. The van der Waals surface area contributed by atoms with Gasteiger partial charge in [0.2, 0.25) is 6.79 Å². The van der Waals surface area contributed by atoms with E-state index in [2.05, 4.69) is 22.8 Å². The molecule has 8 nitrogen and oxygen atoms in total. The Kier molecular flexibility index (Phi) is 6.74. The van der Waals surface area contributed by atoms with Crippen LogP contribution in [-0.4, -0.2) is 57.0 Å². The van der Waals surface area contributed by atoms with Crippen molar-refractivity contribution in [1.82, 2.24) is 10.6 Å². The van der Waals surface area contributed by atoms with Crippen molar-refractivity contribution in [2.24, 2.45) is 0 Å². The van der Waals surface area contributed by atoms with Gasteiger partial charge in [0, 0.05) is 11.6 Å². The number of urea groups is 1. The van der Waals surface area contributed by atoms with Crippen molar-refractivity contribution in [3.8, 4) is 11.5 Å². The number of rotatable bonds is 5. The van der Waals surface area contributed by atoms with Crippen LogP contribution < -0.4 is 29.9 Å². The van der Waals surface area contributed by atoms with Crippen LogP contribution in [0.25, 0.3) is 0 Å². The van der Waals surface area contributed by atoms with Gasteiger partial charge in [-0.2, -0.15) is 0 Å². The molecule has 1 aromatic carbocycles. The van der Waals surface area contributed by atoms with Gasteiger partial charge in [-0.25, -0.2) is 4.79 Å². The lowest BCUT2D eigenvalue weighted by Crippen LogP contribution is -3.29. The summed E-state index contributed by atoms with van der Waals surface area (Å²) in [5, 5.41) is 5.51. The molecule has 0 bridgehead atoms. The zero-order valence-electron chi connectivity index (χ0n) is 17.8. The van der Waals surface area contributed by atoms with Gasteiger partial charge in [-0.15, -0.1) is 0 Å². The van der Waals surface area contributed by atoms with Gasteiger partial charge in [0.1, 0.15) is 32.7 Å². The van der Waals surface area contributed by atoms with Crippen LogP contribution in [-0.2, 0) is 11.3 Å². The van der Waals surface area contributed by atoms with Crippen LogP contribution in [0.2, 0.25) is 0 Å². The van der Waals surface area contributed by atoms with Crippen LogP contribution in [0.4, 0.5) is 4.79 Å². The van der Waals surface area contributed by atoms with Crippen molar-refractivity contribution in [3.05, 3.63) is 23.8 Å². The highest BCUT2D eigenvalue weighted by Gasteiger charge is 2.32. The molecule has 1 saturated carbocycles. The second kappa shape index (κ2) is 9.66. The lowest BCUT2D eigenvalue weighted by Gasteiger charge is -2.32. The Balaban J connectivity index is 1.20. The number of quaternary nitrogens is 2. The third kappa shape index (κ3) is 5.23. The van der Waals surface area contributed by atoms with E-state index in [0.717, 1.165) is 69.9 Å². The minimum absolute atomic E-state index is 0.183. The SMILES string of the molecule is C[C@H](C(=O)NC(=O)NC1CCCCC1)[NH+]1CC[NH+](Cc2ccc3c(c2)OCO3)CC1. The second-order valence-corrected chi connectivity index (χ2v) is 8.79. The topological polar surface area (TPSA) is 85.5 Å². The molecule has 164 valence electrons. The van der Waals surface area contributed by atoms with Crippen LogP contribution in [0.1, 0.15) is 44.6 Å². The predicted molar refractivity (Wildman–Crippen MR) is 111 cm³/mol. The summed E-state index contributed by atoms with van der Waals surface area (Å²) in [7, 11) is 0. The maximum Gasteiger partial charge on any atom is 0.321 e. The molecule has 8 heteroatoms. The number of imide groups is 1. The molecule has 0 unspecified atom stereocenters. The van der Waals surface area contributed by atoms with Crippen molar-refractivity contribution < 1.29 is 28.9 Å². The van der Waals surface area contributed by atoms with E-state index in [1.54, 1.807) is 0 Å². The smallest absolute Gasteiger partial charge is 0.321 e. The minimum Gasteiger partial charge on any atom is -0.454 e. The number of hydrogen-bond acceptors (Lipinski definition) is 4. The summed E-state index contributed by atoms with van der Waals surface area (Å²) in [5.74, 6) is 1.46. The maximum absolute atomic E-state index is 12.5. The summed E-state index contributed by atoms with van der Waals surface area (Å²) < 4.78 is 10.8. The fourth-order valence-electron chi connectivity index (χ4n) is 4.75. The molecule has 3 aliphatic rings. The summed E-state index contributed by atoms with van der Waals surface area (Å²) >= 11 is 0. The highest BCUT2D eigenvalue weighted by molar-refractivity contribution is 5.96. The van der Waals surface area contributed by atoms with Crippen molar-refractivity contribution in [3.63, 3.8) is 0 Å². The number of carbonyl (C=O) groups excluding carboxylic acids is 2. The van der Waals surface area contributed by atoms with E-state index in [1.165, 1.54) is 21.8 Å². The largest absolute Gasteiger partial charge is 0.454 e. The van der Waals surface area contributed by atoms with Crippen molar-refractivity contribution in [1.29, 1.82) is 0 Å². The van der Waals surface area contributed by atoms with Crippen molar-refractivity contribution in [2.75, 3.05) is 33.0 Å². The molecule has 3 amide bonds. The number of hydrogen-bond donors (Lipinski definition) is 4. The third-order valence-electron chi connectivity index (χ3n) is 6.67. The Morgan fingerprint density at radius 3 is 2.57 bits per heavy atom. The first-order valence-corrected chi connectivity index (χ1v) is 11.3. The zero-order chi connectivity index (χ0) is 20.9. The molecule has 4 rings (SSSR count). The molecule has 1 aromatic rings. The van der Waals surface area contributed by atoms with Crippen LogP contribution >= 0.6 is 0 Å². The highest BCUT2D eigenvalue weighted by atomic mass is 16.7. The summed E-state index contributed by atoms with van der Waals surface area (Å²) in [6.07, 6.45) is 5.56. The maximum atomic E-state index is 12.5. The molecule has 30 heavy (non-hydrogen) atoms. The summed E-state index contributed by atoms with van der Waals surface area (Å²) in [4.78, 5) is 27.5. The van der Waals surface area contributed by atoms with Crippen molar-refractivity contribution >= 4 is 11.9 Å². The first-order valence-electron chi connectivity index (χ1n) is 11.3. The van der Waals surface area contributed by atoms with E-state index in [1.807, 2.05) is 13.0 Å². The average molecular weight is 419 g/mol. The van der Waals surface area contributed by atoms with E-state index in [0.29, 0.717) is 6.79 Å². The van der Waals surface area contributed by atoms with E-state index >= 15 is 0 Å². The first-order chi connectivity index (χ1) is 14.6. The van der Waals surface area contributed by atoms with Crippen molar-refractivity contribution in [2.45, 2.75) is 57.7 Å². The number of fused-ring (bicyclic) bond motifs is 1. The second-order valence-electron chi connectivity index (χ2n) is 8.79. The highest BCUT2D eigenvalue weighted by Crippen LogP contribution is 2.32. The number of amides is 3. The molecule has 2 aliphatic heterocycles. The van der Waals surface area contributed by atoms with Crippen LogP contribution in [0.15, 0.2) is 18.2 Å². The fourth-order valence-corrected chi connectivity index (χ4v) is 4.75. The molecule has 0 aromatic heterocycles. The lowest BCUT2D eigenvalue weighted by molar-refractivity contribution is -1.02. The quantitative estimate of drug-likeness (QED) is 0.507. The molecule has 2 fully saturated rings. The fraction of sp³-hybridized carbons (Fsp3) is 0.636. The zero-order valence-corrected chi connectivity index (χ0v) is 17.8. The Labute approximate surface area is 177 Å². The number of ether oxygens (including phenoxy) is 2. The molecule has 0 spiro atoms. The van der Waals surface area contributed by atoms with Gasteiger partial charge in [0.15, 0.2) is 17.5 Å². The molecule has 4 N–H and O–H groups in total. The van der Waals surface area contributed by atoms with Crippen LogP contribution in [0.3, 0.4) is 0 Å². The first kappa shape index (κ1) is 20.9. The van der Waals surface area contributed by atoms with Crippen LogP contribution in [0, 0.1) is 0 Å². The Bertz CT molecular complexity index is 758. The standard InChI is InChI=1S/C22H32N4O4/c1-16(21(27)24-22(28)23-18-5-3-2-4-6-18)26-11-9-25(10-12-26)14-17-7-8-19-20(13-17)30-15-29-19/h7-8,13,16,18H,2-6,9-12,14-15H2,1H3,(H2,23,24,27,28)/p+2/t16-/m1/s1. The number of piperazine rings is 1. The van der Waals surface area contributed by atoms with Gasteiger partial charge in [-0.3, -0.25) is 10.1 Å². The summed E-state index contributed by atoms with van der Waals surface area (Å²) in [5.41, 5.74) is 1.24. The Morgan fingerprint density at radius 1 is 1.07 bits per heavy atom. The molecule has 1 aliphatic carbocycles. The summed E-state index contributed by atoms with van der Waals surface area (Å²) in [6.45, 7) is 6.98. The van der Waals surface area contributed by atoms with Gasteiger partial charge in [0.25, 0.3) is 5.91 Å². The average Bonchev–Trinajstić information content (AvgIpc) is 3.22. The van der Waals surface area contributed by atoms with Gasteiger partial charge in [-0.1, -0.05) is 19.3 Å². The molecular weight excluding hydrogens is 384 g/mol. The Morgan fingerprint density at radius 2 is 1.80 bits per heavy atom. The summed E-state index contributed by atoms with van der Waals surface area (Å²) in [6, 6.07) is 5.77. The lowest BCUT2D eigenvalue weighted by atomic mass is 9.96. The van der Waals surface area contributed by atoms with E-state index in [9.17, 15) is 9.59 Å². The van der Waals surface area contributed by atoms with Crippen LogP contribution in [0.5, 0.6) is 11.5 Å². The van der Waals surface area contributed by atoms with Gasteiger partial charge in [-0.05, 0) is 38.0 Å². The van der Waals surface area contributed by atoms with E-state index in [-0.39, 0.29) is 24.0 Å². The monoisotopic (exact) mass is 418 g/mol. The molecular formula is C22H34N4O4+2. The number of nitrogens with one attached hydrogen (secondary N) is 4. The molecule has 1 saturated heterocycles. The normalized spacial score (nSPS) is 24.8. The molecule has 1 atom stereocenters. The van der Waals surface area contributed by atoms with Gasteiger partial charge in [0.05, 0.1) is 0 Å².